The second kappa shape index (κ2) is 7.22. The number of amides is 1. The van der Waals surface area contributed by atoms with Crippen molar-refractivity contribution < 1.29 is 4.79 Å². The molecule has 1 amide bonds. The van der Waals surface area contributed by atoms with Crippen molar-refractivity contribution in [1.82, 2.24) is 29.3 Å². The van der Waals surface area contributed by atoms with Gasteiger partial charge in [0.2, 0.25) is 0 Å². The second-order valence-corrected chi connectivity index (χ2v) is 8.78. The molecule has 5 heterocycles. The quantitative estimate of drug-likeness (QED) is 0.506. The molecular weight excluding hydrogens is 404 g/mol. The van der Waals surface area contributed by atoms with Crippen LogP contribution in [0.1, 0.15) is 36.5 Å². The summed E-state index contributed by atoms with van der Waals surface area (Å²) >= 11 is 0. The minimum absolute atomic E-state index is 0.127. The predicted molar refractivity (Wildman–Crippen MR) is 123 cm³/mol. The van der Waals surface area contributed by atoms with Crippen molar-refractivity contribution in [3.63, 3.8) is 0 Å². The number of carbonyl (C=O) groups excluding carboxylic acids is 1. The molecule has 9 heteroatoms. The number of rotatable bonds is 5. The van der Waals surface area contributed by atoms with E-state index in [-0.39, 0.29) is 11.9 Å². The Balaban J connectivity index is 1.47. The van der Waals surface area contributed by atoms with E-state index in [1.165, 1.54) is 12.8 Å². The molecule has 32 heavy (non-hydrogen) atoms. The van der Waals surface area contributed by atoms with Crippen LogP contribution in [-0.4, -0.2) is 56.1 Å². The van der Waals surface area contributed by atoms with Crippen LogP contribution in [0.2, 0.25) is 0 Å². The van der Waals surface area contributed by atoms with Gasteiger partial charge in [0.25, 0.3) is 5.91 Å². The minimum Gasteiger partial charge on any atom is -0.373 e. The lowest BCUT2D eigenvalue weighted by molar-refractivity contribution is 0.0951. The number of nitrogens with one attached hydrogen (secondary N) is 2. The number of anilines is 2. The first-order valence-electron chi connectivity index (χ1n) is 11.2. The standard InChI is InChI=1S/C23H26N8O/c1-14-11-16(14)28-23(32)15-13-26-31-20(24-2)12-17(27-21(15)31)18-5-6-19(29-8-3-4-9-29)22-25-7-10-30(18)22/h5-7,10,12-14,16,24H,3-4,8-9,11H2,1-2H3,(H,28,32)/t14-,16+/m0/s1. The summed E-state index contributed by atoms with van der Waals surface area (Å²) in [5.41, 5.74) is 4.77. The number of pyridine rings is 1. The fraction of sp³-hybridized carbons (Fsp3) is 0.391. The topological polar surface area (TPSA) is 91.9 Å². The number of carbonyl (C=O) groups is 1. The van der Waals surface area contributed by atoms with Crippen molar-refractivity contribution in [3.05, 3.63) is 42.4 Å². The minimum atomic E-state index is -0.127. The summed E-state index contributed by atoms with van der Waals surface area (Å²) in [6.07, 6.45) is 8.83. The highest BCUT2D eigenvalue weighted by Crippen LogP contribution is 2.32. The zero-order valence-corrected chi connectivity index (χ0v) is 18.2. The number of hydrogen-bond acceptors (Lipinski definition) is 6. The Morgan fingerprint density at radius 3 is 2.75 bits per heavy atom. The molecule has 4 aromatic rings. The van der Waals surface area contributed by atoms with Crippen LogP contribution in [0, 0.1) is 5.92 Å². The zero-order chi connectivity index (χ0) is 21.8. The van der Waals surface area contributed by atoms with Crippen molar-refractivity contribution in [1.29, 1.82) is 0 Å². The number of hydrogen-bond donors (Lipinski definition) is 2. The fourth-order valence-corrected chi connectivity index (χ4v) is 4.62. The van der Waals surface area contributed by atoms with Crippen LogP contribution in [0.15, 0.2) is 36.8 Å². The molecule has 1 saturated heterocycles. The van der Waals surface area contributed by atoms with E-state index >= 15 is 0 Å². The number of aromatic nitrogens is 5. The molecule has 0 radical (unpaired) electrons. The van der Waals surface area contributed by atoms with Crippen molar-refractivity contribution in [2.24, 2.45) is 5.92 Å². The highest BCUT2D eigenvalue weighted by molar-refractivity contribution is 6.00. The molecule has 0 aromatic carbocycles. The van der Waals surface area contributed by atoms with Crippen LogP contribution in [0.4, 0.5) is 11.5 Å². The third kappa shape index (κ3) is 2.99. The maximum atomic E-state index is 12.9. The van der Waals surface area contributed by atoms with E-state index in [0.717, 1.165) is 48.1 Å². The lowest BCUT2D eigenvalue weighted by Gasteiger charge is -2.19. The third-order valence-electron chi connectivity index (χ3n) is 6.64. The molecule has 0 bridgehead atoms. The molecule has 1 aliphatic heterocycles. The van der Waals surface area contributed by atoms with Gasteiger partial charge < -0.3 is 15.5 Å². The zero-order valence-electron chi connectivity index (χ0n) is 18.2. The number of fused-ring (bicyclic) bond motifs is 2. The molecule has 2 aliphatic rings. The molecule has 2 N–H and O–H groups in total. The summed E-state index contributed by atoms with van der Waals surface area (Å²) in [6.45, 7) is 4.26. The molecule has 0 unspecified atom stereocenters. The first-order valence-corrected chi connectivity index (χ1v) is 11.2. The molecule has 164 valence electrons. The molecule has 2 atom stereocenters. The molecule has 6 rings (SSSR count). The largest absolute Gasteiger partial charge is 0.373 e. The summed E-state index contributed by atoms with van der Waals surface area (Å²) in [7, 11) is 1.84. The van der Waals surface area contributed by atoms with Crippen molar-refractivity contribution in [2.75, 3.05) is 30.4 Å². The molecule has 2 fully saturated rings. The van der Waals surface area contributed by atoms with E-state index < -0.39 is 0 Å². The number of nitrogens with zero attached hydrogens (tertiary/aromatic N) is 6. The van der Waals surface area contributed by atoms with Crippen LogP contribution in [0.25, 0.3) is 22.7 Å². The fourth-order valence-electron chi connectivity index (χ4n) is 4.62. The van der Waals surface area contributed by atoms with Gasteiger partial charge in [-0.25, -0.2) is 9.97 Å². The van der Waals surface area contributed by atoms with Gasteiger partial charge in [-0.05, 0) is 37.3 Å². The Morgan fingerprint density at radius 2 is 2.00 bits per heavy atom. The lowest BCUT2D eigenvalue weighted by Crippen LogP contribution is -2.26. The van der Waals surface area contributed by atoms with E-state index in [2.05, 4.69) is 49.1 Å². The number of imidazole rings is 1. The van der Waals surface area contributed by atoms with Gasteiger partial charge in [0, 0.05) is 44.6 Å². The highest BCUT2D eigenvalue weighted by atomic mass is 16.1. The molecule has 9 nitrogen and oxygen atoms in total. The van der Waals surface area contributed by atoms with Crippen LogP contribution in [0.5, 0.6) is 0 Å². The van der Waals surface area contributed by atoms with Crippen LogP contribution >= 0.6 is 0 Å². The second-order valence-electron chi connectivity index (χ2n) is 8.78. The van der Waals surface area contributed by atoms with Gasteiger partial charge in [0.1, 0.15) is 11.4 Å². The predicted octanol–water partition coefficient (Wildman–Crippen LogP) is 2.82. The smallest absolute Gasteiger partial charge is 0.256 e. The summed E-state index contributed by atoms with van der Waals surface area (Å²) < 4.78 is 3.76. The Bertz CT molecular complexity index is 1330. The SMILES string of the molecule is CNc1cc(-c2ccc(N3CCCC3)c3nccn23)nc2c(C(=O)N[C@@H]3C[C@@H]3C)cnn12. The van der Waals surface area contributed by atoms with Crippen LogP contribution in [0.3, 0.4) is 0 Å². The highest BCUT2D eigenvalue weighted by Gasteiger charge is 2.34. The van der Waals surface area contributed by atoms with Gasteiger partial charge in [-0.3, -0.25) is 9.20 Å². The van der Waals surface area contributed by atoms with Crippen molar-refractivity contribution >= 4 is 28.7 Å². The van der Waals surface area contributed by atoms with Crippen molar-refractivity contribution in [3.8, 4) is 11.4 Å². The van der Waals surface area contributed by atoms with Gasteiger partial charge >= 0.3 is 0 Å². The third-order valence-corrected chi connectivity index (χ3v) is 6.64. The molecule has 1 aliphatic carbocycles. The van der Waals surface area contributed by atoms with E-state index in [1.54, 1.807) is 10.7 Å². The molecule has 1 saturated carbocycles. The maximum absolute atomic E-state index is 12.9. The summed E-state index contributed by atoms with van der Waals surface area (Å²) in [6, 6.07) is 6.41. The summed E-state index contributed by atoms with van der Waals surface area (Å²) in [5, 5.41) is 10.7. The van der Waals surface area contributed by atoms with Gasteiger partial charge in [-0.2, -0.15) is 9.61 Å². The average molecular weight is 431 g/mol. The van der Waals surface area contributed by atoms with Gasteiger partial charge in [0.05, 0.1) is 23.3 Å². The van der Waals surface area contributed by atoms with E-state index in [9.17, 15) is 4.79 Å². The van der Waals surface area contributed by atoms with Gasteiger partial charge in [-0.1, -0.05) is 6.92 Å². The molecular formula is C23H26N8O. The van der Waals surface area contributed by atoms with E-state index in [4.69, 9.17) is 4.98 Å². The van der Waals surface area contributed by atoms with Gasteiger partial charge in [-0.15, -0.1) is 0 Å². The Hall–Kier alpha value is -3.62. The maximum Gasteiger partial charge on any atom is 0.256 e. The normalized spacial score (nSPS) is 20.2. The first-order chi connectivity index (χ1) is 15.6. The average Bonchev–Trinajstić information content (AvgIpc) is 3.32. The van der Waals surface area contributed by atoms with Crippen LogP contribution < -0.4 is 15.5 Å². The van der Waals surface area contributed by atoms with E-state index in [1.807, 2.05) is 25.5 Å². The molecule has 0 spiro atoms. The first kappa shape index (κ1) is 19.1. The Labute approximate surface area is 185 Å². The van der Waals surface area contributed by atoms with Gasteiger partial charge in [0.15, 0.2) is 11.3 Å². The Kier molecular flexibility index (Phi) is 4.31. The van der Waals surface area contributed by atoms with Crippen molar-refractivity contribution in [2.45, 2.75) is 32.2 Å². The monoisotopic (exact) mass is 430 g/mol. The summed E-state index contributed by atoms with van der Waals surface area (Å²) in [4.78, 5) is 24.8. The lowest BCUT2D eigenvalue weighted by atomic mass is 10.2. The van der Waals surface area contributed by atoms with E-state index in [0.29, 0.717) is 17.1 Å². The van der Waals surface area contributed by atoms with Crippen LogP contribution in [-0.2, 0) is 0 Å². The summed E-state index contributed by atoms with van der Waals surface area (Å²) in [5.74, 6) is 1.17. The molecule has 4 aromatic heterocycles. The Morgan fingerprint density at radius 1 is 1.19 bits per heavy atom.